The van der Waals surface area contributed by atoms with Gasteiger partial charge in [-0.05, 0) is 13.0 Å². The molecule has 1 saturated heterocycles. The Labute approximate surface area is 226 Å². The number of benzene rings is 1. The third-order valence-corrected chi connectivity index (χ3v) is 6.79. The number of thiazole rings is 1. The molecule has 0 radical (unpaired) electrons. The zero-order chi connectivity index (χ0) is 28.1. The fraction of sp³-hybridized carbons (Fsp3) is 0.375. The number of nitrogens with zero attached hydrogens (tertiary/aromatic N) is 4. The minimum absolute atomic E-state index is 0.0103. The van der Waals surface area contributed by atoms with Crippen molar-refractivity contribution in [1.82, 2.24) is 25.4 Å². The molecule has 1 aromatic heterocycles. The van der Waals surface area contributed by atoms with Gasteiger partial charge in [0.2, 0.25) is 0 Å². The number of oxime groups is 1. The molecule has 1 fully saturated rings. The average molecular weight is 564 g/mol. The normalized spacial score (nSPS) is 18.5. The molecule has 3 amide bonds. The minimum Gasteiger partial charge on any atom is -0.463 e. The van der Waals surface area contributed by atoms with Crippen LogP contribution in [0.4, 0.5) is 18.7 Å². The van der Waals surface area contributed by atoms with Crippen LogP contribution < -0.4 is 16.4 Å². The van der Waals surface area contributed by atoms with Gasteiger partial charge in [-0.3, -0.25) is 9.69 Å². The SMILES string of the molecule is CCOC(=O)C1=C(CN2CCN(C(=O)/C(=N/OC)c3csc(N)n3)CC2)NC(=O)NC1c1ccc(F)cc1F. The predicted octanol–water partition coefficient (Wildman–Crippen LogP) is 1.37. The van der Waals surface area contributed by atoms with E-state index < -0.39 is 29.7 Å². The van der Waals surface area contributed by atoms with Crippen molar-refractivity contribution in [3.63, 3.8) is 0 Å². The lowest BCUT2D eigenvalue weighted by Crippen LogP contribution is -2.53. The molecule has 0 bridgehead atoms. The fourth-order valence-corrected chi connectivity index (χ4v) is 4.87. The van der Waals surface area contributed by atoms with Gasteiger partial charge >= 0.3 is 12.0 Å². The number of hydrogen-bond acceptors (Lipinski definition) is 10. The summed E-state index contributed by atoms with van der Waals surface area (Å²) in [4.78, 5) is 51.0. The first-order chi connectivity index (χ1) is 18.7. The van der Waals surface area contributed by atoms with E-state index in [-0.39, 0.29) is 41.6 Å². The van der Waals surface area contributed by atoms with Crippen LogP contribution in [-0.2, 0) is 19.2 Å². The van der Waals surface area contributed by atoms with E-state index in [2.05, 4.69) is 20.8 Å². The smallest absolute Gasteiger partial charge is 0.338 e. The third kappa shape index (κ3) is 6.31. The Morgan fingerprint density at radius 3 is 2.62 bits per heavy atom. The number of halogens is 2. The maximum absolute atomic E-state index is 14.7. The molecule has 39 heavy (non-hydrogen) atoms. The molecular weight excluding hydrogens is 536 g/mol. The molecule has 4 rings (SSSR count). The number of piperazine rings is 1. The molecule has 4 N–H and O–H groups in total. The molecule has 0 spiro atoms. The number of ether oxygens (including phenoxy) is 1. The van der Waals surface area contributed by atoms with Gasteiger partial charge in [-0.2, -0.15) is 0 Å². The van der Waals surface area contributed by atoms with Gasteiger partial charge < -0.3 is 30.8 Å². The Balaban J connectivity index is 1.53. The topological polar surface area (TPSA) is 151 Å². The van der Waals surface area contributed by atoms with Crippen LogP contribution >= 0.6 is 11.3 Å². The lowest BCUT2D eigenvalue weighted by molar-refractivity contribution is -0.139. The maximum atomic E-state index is 14.7. The number of nitrogens with one attached hydrogen (secondary N) is 2. The van der Waals surface area contributed by atoms with Crippen LogP contribution in [0.1, 0.15) is 24.2 Å². The fourth-order valence-electron chi connectivity index (χ4n) is 4.33. The van der Waals surface area contributed by atoms with Crippen molar-refractivity contribution in [2.75, 3.05) is 52.2 Å². The van der Waals surface area contributed by atoms with E-state index in [0.29, 0.717) is 43.1 Å². The standard InChI is InChI=1S/C24H27F2N7O5S/c1-3-38-22(35)18-16(29-24(36)30-19(18)14-5-4-13(25)10-15(14)26)11-32-6-8-33(9-7-32)21(34)20(31-37-2)17-12-39-23(27)28-17/h4-5,10,12,19H,3,6-9,11H2,1-2H3,(H2,27,28)(H2,29,30,36)/b31-20+. The lowest BCUT2D eigenvalue weighted by Gasteiger charge is -2.37. The monoisotopic (exact) mass is 563 g/mol. The Morgan fingerprint density at radius 1 is 1.26 bits per heavy atom. The highest BCUT2D eigenvalue weighted by Gasteiger charge is 2.36. The van der Waals surface area contributed by atoms with E-state index in [1.54, 1.807) is 17.2 Å². The second-order valence-electron chi connectivity index (χ2n) is 8.57. The van der Waals surface area contributed by atoms with E-state index in [0.717, 1.165) is 6.07 Å². The quantitative estimate of drug-likeness (QED) is 0.248. The van der Waals surface area contributed by atoms with Gasteiger partial charge in [-0.1, -0.05) is 11.2 Å². The molecule has 2 aliphatic heterocycles. The summed E-state index contributed by atoms with van der Waals surface area (Å²) in [5, 5.41) is 10.9. The zero-order valence-electron chi connectivity index (χ0n) is 21.2. The molecule has 15 heteroatoms. The van der Waals surface area contributed by atoms with Crippen molar-refractivity contribution < 1.29 is 32.7 Å². The Morgan fingerprint density at radius 2 is 2.00 bits per heavy atom. The first-order valence-electron chi connectivity index (χ1n) is 12.0. The van der Waals surface area contributed by atoms with Gasteiger partial charge in [0, 0.05) is 55.4 Å². The largest absolute Gasteiger partial charge is 0.463 e. The molecule has 1 aromatic carbocycles. The summed E-state index contributed by atoms with van der Waals surface area (Å²) >= 11 is 1.18. The van der Waals surface area contributed by atoms with E-state index in [4.69, 9.17) is 15.3 Å². The van der Waals surface area contributed by atoms with Crippen LogP contribution in [0.15, 0.2) is 40.0 Å². The number of carbonyl (C=O) groups is 3. The van der Waals surface area contributed by atoms with Crippen molar-refractivity contribution in [3.05, 3.63) is 57.7 Å². The highest BCUT2D eigenvalue weighted by molar-refractivity contribution is 7.13. The summed E-state index contributed by atoms with van der Waals surface area (Å²) in [5.74, 6) is -2.82. The number of carbonyl (C=O) groups excluding carboxylic acids is 3. The van der Waals surface area contributed by atoms with Crippen LogP contribution in [0.5, 0.6) is 0 Å². The molecule has 12 nitrogen and oxygen atoms in total. The molecule has 1 atom stereocenters. The number of nitrogens with two attached hydrogens (primary N) is 1. The Hall–Kier alpha value is -4.11. The van der Waals surface area contributed by atoms with E-state index in [1.807, 2.05) is 4.90 Å². The first kappa shape index (κ1) is 27.9. The Kier molecular flexibility index (Phi) is 8.71. The molecular formula is C24H27F2N7O5S. The van der Waals surface area contributed by atoms with E-state index >= 15 is 0 Å². The molecule has 2 aromatic rings. The summed E-state index contributed by atoms with van der Waals surface area (Å²) < 4.78 is 33.4. The number of rotatable bonds is 8. The van der Waals surface area contributed by atoms with Crippen LogP contribution in [-0.4, -0.2) is 84.8 Å². The van der Waals surface area contributed by atoms with E-state index in [9.17, 15) is 23.2 Å². The van der Waals surface area contributed by atoms with Gasteiger partial charge in [-0.25, -0.2) is 23.4 Å². The van der Waals surface area contributed by atoms with Crippen molar-refractivity contribution in [2.45, 2.75) is 13.0 Å². The molecule has 208 valence electrons. The number of amides is 3. The Bertz CT molecular complexity index is 1320. The predicted molar refractivity (Wildman–Crippen MR) is 138 cm³/mol. The van der Waals surface area contributed by atoms with Crippen LogP contribution in [0.2, 0.25) is 0 Å². The highest BCUT2D eigenvalue weighted by atomic mass is 32.1. The van der Waals surface area contributed by atoms with Crippen molar-refractivity contribution >= 4 is 40.1 Å². The summed E-state index contributed by atoms with van der Waals surface area (Å²) in [6.45, 7) is 3.20. The van der Waals surface area contributed by atoms with Gasteiger partial charge in [0.05, 0.1) is 18.2 Å². The second-order valence-corrected chi connectivity index (χ2v) is 9.46. The van der Waals surface area contributed by atoms with Gasteiger partial charge in [0.25, 0.3) is 5.91 Å². The van der Waals surface area contributed by atoms with Crippen LogP contribution in [0.3, 0.4) is 0 Å². The van der Waals surface area contributed by atoms with Gasteiger partial charge in [-0.15, -0.1) is 11.3 Å². The number of urea groups is 1. The third-order valence-electron chi connectivity index (χ3n) is 6.11. The van der Waals surface area contributed by atoms with Crippen molar-refractivity contribution in [1.29, 1.82) is 0 Å². The molecule has 1 unspecified atom stereocenters. The lowest BCUT2D eigenvalue weighted by atomic mass is 9.94. The molecule has 0 saturated carbocycles. The number of hydrogen-bond donors (Lipinski definition) is 3. The number of aromatic nitrogens is 1. The summed E-state index contributed by atoms with van der Waals surface area (Å²) in [6, 6.07) is 1.07. The second kappa shape index (κ2) is 12.2. The summed E-state index contributed by atoms with van der Waals surface area (Å²) in [7, 11) is 1.33. The number of esters is 1. The van der Waals surface area contributed by atoms with Crippen LogP contribution in [0, 0.1) is 11.6 Å². The minimum atomic E-state index is -1.19. The number of nitrogen functional groups attached to an aromatic ring is 1. The zero-order valence-corrected chi connectivity index (χ0v) is 22.0. The average Bonchev–Trinajstić information content (AvgIpc) is 3.33. The summed E-state index contributed by atoms with van der Waals surface area (Å²) in [6.07, 6.45) is 0. The van der Waals surface area contributed by atoms with Crippen LogP contribution in [0.25, 0.3) is 0 Å². The van der Waals surface area contributed by atoms with Crippen molar-refractivity contribution in [3.8, 4) is 0 Å². The maximum Gasteiger partial charge on any atom is 0.338 e. The van der Waals surface area contributed by atoms with Crippen molar-refractivity contribution in [2.24, 2.45) is 5.16 Å². The molecule has 2 aliphatic rings. The van der Waals surface area contributed by atoms with Gasteiger partial charge in [0.15, 0.2) is 10.8 Å². The van der Waals surface area contributed by atoms with E-state index in [1.165, 1.54) is 24.5 Å². The summed E-state index contributed by atoms with van der Waals surface area (Å²) in [5.41, 5.74) is 6.20. The highest BCUT2D eigenvalue weighted by Crippen LogP contribution is 2.30. The molecule has 0 aliphatic carbocycles. The molecule has 3 heterocycles. The number of anilines is 1. The van der Waals surface area contributed by atoms with Gasteiger partial charge in [0.1, 0.15) is 24.4 Å². The first-order valence-corrected chi connectivity index (χ1v) is 12.9.